The summed E-state index contributed by atoms with van der Waals surface area (Å²) in [6.07, 6.45) is 6.40. The minimum atomic E-state index is -0.460. The van der Waals surface area contributed by atoms with Crippen molar-refractivity contribution in [2.45, 2.75) is 24.7 Å². The average Bonchev–Trinajstić information content (AvgIpc) is 3.57. The third-order valence-electron chi connectivity index (χ3n) is 11.2. The standard InChI is InChI=1S/C46H32N2/c1-3-14-32-29(2)45(38-26-25-30(27-35(32)38)44-47-28-31-15-4-13-24-43(31)48-44)39-20-9-11-22-41(39)46(42-23-12-10-21-40(42)45)36-18-7-5-16-33(36)34-17-6-8-19-37(34)46/h3-28H,1-2H3/b14-3-. The molecule has 0 aliphatic heterocycles. The zero-order chi connectivity index (χ0) is 32.0. The van der Waals surface area contributed by atoms with E-state index in [4.69, 9.17) is 9.97 Å². The van der Waals surface area contributed by atoms with E-state index in [0.717, 1.165) is 22.3 Å². The van der Waals surface area contributed by atoms with E-state index in [1.165, 1.54) is 66.8 Å². The third-order valence-corrected chi connectivity index (χ3v) is 11.2. The Balaban J connectivity index is 1.31. The molecule has 7 aromatic rings. The first-order valence-electron chi connectivity index (χ1n) is 16.8. The molecule has 2 heteroatoms. The van der Waals surface area contributed by atoms with Crippen LogP contribution in [0.2, 0.25) is 0 Å². The SMILES string of the molecule is C/C=C\C1=C(C)C2(c3ccc(-c4ncc5ccccc5n4)cc31)c1ccccc1C1(c3ccccc3-c3ccccc31)c1ccccc12. The van der Waals surface area contributed by atoms with Gasteiger partial charge in [0.1, 0.15) is 0 Å². The van der Waals surface area contributed by atoms with Crippen molar-refractivity contribution in [1.82, 2.24) is 9.97 Å². The lowest BCUT2D eigenvalue weighted by atomic mass is 9.52. The highest BCUT2D eigenvalue weighted by molar-refractivity contribution is 5.95. The van der Waals surface area contributed by atoms with E-state index in [2.05, 4.69) is 153 Å². The second-order valence-corrected chi connectivity index (χ2v) is 13.2. The van der Waals surface area contributed by atoms with Crippen LogP contribution in [0.25, 0.3) is 39.0 Å². The zero-order valence-corrected chi connectivity index (χ0v) is 26.9. The van der Waals surface area contributed by atoms with Crippen molar-refractivity contribution in [3.8, 4) is 22.5 Å². The molecule has 0 fully saturated rings. The molecule has 2 spiro atoms. The lowest BCUT2D eigenvalue weighted by Crippen LogP contribution is -2.43. The largest absolute Gasteiger partial charge is 0.236 e. The summed E-state index contributed by atoms with van der Waals surface area (Å²) in [5.41, 5.74) is 17.0. The second-order valence-electron chi connectivity index (χ2n) is 13.2. The Morgan fingerprint density at radius 2 is 1.04 bits per heavy atom. The van der Waals surface area contributed by atoms with Crippen molar-refractivity contribution in [2.75, 3.05) is 0 Å². The van der Waals surface area contributed by atoms with Gasteiger partial charge in [0.15, 0.2) is 5.82 Å². The predicted octanol–water partition coefficient (Wildman–Crippen LogP) is 10.7. The molecule has 0 atom stereocenters. The molecule has 6 aromatic carbocycles. The molecule has 0 unspecified atom stereocenters. The van der Waals surface area contributed by atoms with Crippen LogP contribution in [0.3, 0.4) is 0 Å². The summed E-state index contributed by atoms with van der Waals surface area (Å²) < 4.78 is 0. The first-order valence-corrected chi connectivity index (χ1v) is 16.8. The predicted molar refractivity (Wildman–Crippen MR) is 196 cm³/mol. The fraction of sp³-hybridized carbons (Fsp3) is 0.0870. The van der Waals surface area contributed by atoms with E-state index in [1.54, 1.807) is 0 Å². The van der Waals surface area contributed by atoms with Gasteiger partial charge in [-0.05, 0) is 92.8 Å². The van der Waals surface area contributed by atoms with Gasteiger partial charge in [0.25, 0.3) is 0 Å². The molecule has 3 aliphatic carbocycles. The Kier molecular flexibility index (Phi) is 5.58. The fourth-order valence-electron chi connectivity index (χ4n) is 9.41. The van der Waals surface area contributed by atoms with Crippen LogP contribution in [0.5, 0.6) is 0 Å². The molecular weight excluding hydrogens is 581 g/mol. The van der Waals surface area contributed by atoms with Gasteiger partial charge in [-0.15, -0.1) is 0 Å². The topological polar surface area (TPSA) is 25.8 Å². The van der Waals surface area contributed by atoms with Gasteiger partial charge in [0.2, 0.25) is 0 Å². The number of benzene rings is 6. The summed E-state index contributed by atoms with van der Waals surface area (Å²) in [7, 11) is 0. The molecule has 1 heterocycles. The number of fused-ring (bicyclic) bond motifs is 14. The molecule has 0 radical (unpaired) electrons. The Morgan fingerprint density at radius 3 is 1.67 bits per heavy atom. The molecule has 0 amide bonds. The molecule has 48 heavy (non-hydrogen) atoms. The third kappa shape index (κ3) is 3.22. The van der Waals surface area contributed by atoms with E-state index >= 15 is 0 Å². The summed E-state index contributed by atoms with van der Waals surface area (Å²) in [6, 6.07) is 51.7. The van der Waals surface area contributed by atoms with Crippen molar-refractivity contribution in [2.24, 2.45) is 0 Å². The molecular formula is C46H32N2. The monoisotopic (exact) mass is 612 g/mol. The molecule has 3 aliphatic rings. The van der Waals surface area contributed by atoms with Crippen LogP contribution in [0.15, 0.2) is 163 Å². The van der Waals surface area contributed by atoms with Gasteiger partial charge in [-0.1, -0.05) is 140 Å². The number of rotatable bonds is 2. The maximum Gasteiger partial charge on any atom is 0.159 e. The van der Waals surface area contributed by atoms with Crippen LogP contribution in [-0.2, 0) is 10.8 Å². The highest BCUT2D eigenvalue weighted by Crippen LogP contribution is 2.66. The summed E-state index contributed by atoms with van der Waals surface area (Å²) in [6.45, 7) is 4.47. The summed E-state index contributed by atoms with van der Waals surface area (Å²) in [4.78, 5) is 9.80. The Morgan fingerprint density at radius 1 is 0.521 bits per heavy atom. The summed E-state index contributed by atoms with van der Waals surface area (Å²) in [5.74, 6) is 0.748. The molecule has 2 nitrogen and oxygen atoms in total. The first kappa shape index (κ1) is 27.3. The van der Waals surface area contributed by atoms with E-state index in [-0.39, 0.29) is 0 Å². The van der Waals surface area contributed by atoms with Crippen LogP contribution >= 0.6 is 0 Å². The first-order chi connectivity index (χ1) is 23.7. The summed E-state index contributed by atoms with van der Waals surface area (Å²) in [5, 5.41) is 1.05. The van der Waals surface area contributed by atoms with Gasteiger partial charge in [0.05, 0.1) is 16.3 Å². The number of para-hydroxylation sites is 1. The van der Waals surface area contributed by atoms with Gasteiger partial charge in [-0.3, -0.25) is 0 Å². The van der Waals surface area contributed by atoms with E-state index in [1.807, 2.05) is 18.3 Å². The van der Waals surface area contributed by atoms with Gasteiger partial charge >= 0.3 is 0 Å². The van der Waals surface area contributed by atoms with Crippen LogP contribution in [0, 0.1) is 0 Å². The quantitative estimate of drug-likeness (QED) is 0.194. The molecule has 0 saturated heterocycles. The normalized spacial score (nSPS) is 15.9. The minimum Gasteiger partial charge on any atom is -0.236 e. The number of nitrogens with zero attached hydrogens (tertiary/aromatic N) is 2. The van der Waals surface area contributed by atoms with E-state index in [9.17, 15) is 0 Å². The van der Waals surface area contributed by atoms with Crippen LogP contribution in [0.4, 0.5) is 0 Å². The maximum atomic E-state index is 4.98. The Bertz CT molecular complexity index is 2450. The van der Waals surface area contributed by atoms with Gasteiger partial charge in [-0.25, -0.2) is 9.97 Å². The van der Waals surface area contributed by atoms with Crippen molar-refractivity contribution < 1.29 is 0 Å². The molecule has 226 valence electrons. The number of hydrogen-bond acceptors (Lipinski definition) is 2. The lowest BCUT2D eigenvalue weighted by molar-refractivity contribution is 0.623. The Hall–Kier alpha value is -5.86. The highest BCUT2D eigenvalue weighted by Gasteiger charge is 2.58. The molecule has 1 aromatic heterocycles. The highest BCUT2D eigenvalue weighted by atomic mass is 14.9. The van der Waals surface area contributed by atoms with Gasteiger partial charge in [0, 0.05) is 17.1 Å². The maximum absolute atomic E-state index is 4.98. The number of allylic oxidation sites excluding steroid dienone is 4. The zero-order valence-electron chi connectivity index (χ0n) is 26.9. The fourth-order valence-corrected chi connectivity index (χ4v) is 9.41. The van der Waals surface area contributed by atoms with Crippen molar-refractivity contribution in [1.29, 1.82) is 0 Å². The molecule has 0 saturated carbocycles. The van der Waals surface area contributed by atoms with Crippen LogP contribution in [0.1, 0.15) is 58.4 Å². The molecule has 0 N–H and O–H groups in total. The smallest absolute Gasteiger partial charge is 0.159 e. The van der Waals surface area contributed by atoms with Crippen molar-refractivity contribution >= 4 is 16.5 Å². The number of hydrogen-bond donors (Lipinski definition) is 0. The lowest BCUT2D eigenvalue weighted by Gasteiger charge is -2.49. The van der Waals surface area contributed by atoms with Gasteiger partial charge < -0.3 is 0 Å². The summed E-state index contributed by atoms with van der Waals surface area (Å²) >= 11 is 0. The van der Waals surface area contributed by atoms with Crippen LogP contribution in [-0.4, -0.2) is 9.97 Å². The van der Waals surface area contributed by atoms with Crippen LogP contribution < -0.4 is 0 Å². The average molecular weight is 613 g/mol. The van der Waals surface area contributed by atoms with E-state index in [0.29, 0.717) is 0 Å². The van der Waals surface area contributed by atoms with E-state index < -0.39 is 10.8 Å². The number of aromatic nitrogens is 2. The van der Waals surface area contributed by atoms with Gasteiger partial charge in [-0.2, -0.15) is 0 Å². The van der Waals surface area contributed by atoms with Crippen molar-refractivity contribution in [3.63, 3.8) is 0 Å². The minimum absolute atomic E-state index is 0.422. The molecule has 0 bridgehead atoms. The second kappa shape index (κ2) is 9.82. The molecule has 10 rings (SSSR count). The van der Waals surface area contributed by atoms with Crippen molar-refractivity contribution in [3.05, 3.63) is 208 Å². The Labute approximate surface area is 280 Å².